The molecular weight excluding hydrogens is 446 g/mol. The van der Waals surface area contributed by atoms with Crippen molar-refractivity contribution in [2.75, 3.05) is 37.2 Å². The minimum atomic E-state index is -0.367. The predicted molar refractivity (Wildman–Crippen MR) is 128 cm³/mol. The van der Waals surface area contributed by atoms with Crippen LogP contribution in [0.2, 0.25) is 0 Å². The number of halogens is 3. The van der Waals surface area contributed by atoms with E-state index in [1.807, 2.05) is 20.6 Å². The van der Waals surface area contributed by atoms with Crippen LogP contribution in [0.15, 0.2) is 47.2 Å². The van der Waals surface area contributed by atoms with Gasteiger partial charge in [-0.25, -0.2) is 8.78 Å². The number of aliphatic hydroxyl groups excluding tert-OH is 1. The van der Waals surface area contributed by atoms with E-state index in [2.05, 4.69) is 10.3 Å². The van der Waals surface area contributed by atoms with Gasteiger partial charge in [0.25, 0.3) is 0 Å². The van der Waals surface area contributed by atoms with Gasteiger partial charge in [-0.15, -0.1) is 23.4 Å². The Labute approximate surface area is 192 Å². The van der Waals surface area contributed by atoms with Crippen molar-refractivity contribution in [3.8, 4) is 0 Å². The average Bonchev–Trinajstić information content (AvgIpc) is 3.24. The molecule has 31 heavy (non-hydrogen) atoms. The summed E-state index contributed by atoms with van der Waals surface area (Å²) in [4.78, 5) is 12.7. The largest absolute Gasteiger partial charge is 0.400 e. The van der Waals surface area contributed by atoms with Crippen LogP contribution in [0, 0.1) is 12.7 Å². The molecule has 1 aliphatic rings. The fourth-order valence-corrected chi connectivity index (χ4v) is 3.63. The normalized spacial score (nSPS) is 16.7. The zero-order chi connectivity index (χ0) is 23.6. The summed E-state index contributed by atoms with van der Waals surface area (Å²) < 4.78 is 32.2. The van der Waals surface area contributed by atoms with Crippen LogP contribution in [-0.2, 0) is 9.53 Å². The first-order valence-electron chi connectivity index (χ1n) is 9.62. The van der Waals surface area contributed by atoms with Crippen molar-refractivity contribution in [1.82, 2.24) is 0 Å². The van der Waals surface area contributed by atoms with Gasteiger partial charge in [0.2, 0.25) is 0 Å². The molecule has 0 aliphatic carbocycles. The zero-order valence-corrected chi connectivity index (χ0v) is 19.7. The number of allylic oxidation sites excluding steroid dienone is 3. The third kappa shape index (κ3) is 12.6. The Morgan fingerprint density at radius 1 is 1.48 bits per heavy atom. The van der Waals surface area contributed by atoms with E-state index in [4.69, 9.17) is 26.2 Å². The molecule has 0 amide bonds. The minimum Gasteiger partial charge on any atom is -0.400 e. The lowest BCUT2D eigenvalue weighted by atomic mass is 10.2. The van der Waals surface area contributed by atoms with Crippen molar-refractivity contribution in [1.29, 1.82) is 0 Å². The second-order valence-corrected chi connectivity index (χ2v) is 7.68. The number of benzene rings is 1. The van der Waals surface area contributed by atoms with Crippen molar-refractivity contribution in [2.45, 2.75) is 32.4 Å². The molecule has 0 spiro atoms. The number of carbonyl (C=O) groups excluding carboxylic acids is 1. The van der Waals surface area contributed by atoms with Gasteiger partial charge in [0.15, 0.2) is 0 Å². The smallest absolute Gasteiger partial charge is 0.125 e. The Morgan fingerprint density at radius 3 is 2.87 bits per heavy atom. The summed E-state index contributed by atoms with van der Waals surface area (Å²) in [6, 6.07) is 4.97. The lowest BCUT2D eigenvalue weighted by molar-refractivity contribution is -0.0980. The lowest BCUT2D eigenvalue weighted by Gasteiger charge is -2.11. The monoisotopic (exact) mass is 476 g/mol. The molecule has 0 saturated heterocycles. The van der Waals surface area contributed by atoms with Crippen LogP contribution in [-0.4, -0.2) is 61.0 Å². The molecule has 2 atom stereocenters. The molecule has 174 valence electrons. The second-order valence-electron chi connectivity index (χ2n) is 6.28. The van der Waals surface area contributed by atoms with Crippen LogP contribution in [0.3, 0.4) is 0 Å². The molecule has 0 aromatic heterocycles. The molecular formula is C22H31ClF2N2O3S. The Morgan fingerprint density at radius 2 is 2.19 bits per heavy atom. The fourth-order valence-electron chi connectivity index (χ4n) is 2.48. The molecule has 9 heteroatoms. The summed E-state index contributed by atoms with van der Waals surface area (Å²) in [5.41, 5.74) is 1.85. The summed E-state index contributed by atoms with van der Waals surface area (Å²) in [6.45, 7) is 6.96. The maximum Gasteiger partial charge on any atom is 0.125 e. The molecule has 2 unspecified atom stereocenters. The van der Waals surface area contributed by atoms with E-state index < -0.39 is 0 Å². The molecule has 1 aromatic rings. The van der Waals surface area contributed by atoms with Gasteiger partial charge in [0.1, 0.15) is 18.4 Å². The van der Waals surface area contributed by atoms with Crippen LogP contribution < -0.4 is 5.32 Å². The highest BCUT2D eigenvalue weighted by Gasteiger charge is 2.18. The summed E-state index contributed by atoms with van der Waals surface area (Å²) in [5.74, 6) is 0.459. The minimum absolute atomic E-state index is 0.147. The van der Waals surface area contributed by atoms with Crippen molar-refractivity contribution in [3.05, 3.63) is 53.6 Å². The topological polar surface area (TPSA) is 70.9 Å². The first-order valence-corrected chi connectivity index (χ1v) is 11.1. The highest BCUT2D eigenvalue weighted by molar-refractivity contribution is 8.14. The van der Waals surface area contributed by atoms with E-state index >= 15 is 0 Å². The number of alkyl halides is 1. The van der Waals surface area contributed by atoms with E-state index in [9.17, 15) is 8.78 Å². The summed E-state index contributed by atoms with van der Waals surface area (Å²) in [6.07, 6.45) is 4.97. The number of rotatable bonds is 10. The number of thioether (sulfide) groups is 1. The zero-order valence-electron chi connectivity index (χ0n) is 18.1. The Hall–Kier alpha value is -1.74. The Bertz CT molecular complexity index is 733. The lowest BCUT2D eigenvalue weighted by Crippen LogP contribution is -2.13. The van der Waals surface area contributed by atoms with E-state index in [0.29, 0.717) is 6.61 Å². The van der Waals surface area contributed by atoms with Crippen molar-refractivity contribution in [3.63, 3.8) is 0 Å². The number of hydrogen-bond acceptors (Lipinski definition) is 6. The Balaban J connectivity index is 0.00000212. The maximum atomic E-state index is 13.3. The molecule has 0 bridgehead atoms. The Kier molecular flexibility index (Phi) is 16.9. The molecule has 1 aliphatic heterocycles. The van der Waals surface area contributed by atoms with Gasteiger partial charge in [0.05, 0.1) is 23.8 Å². The average molecular weight is 477 g/mol. The quantitative estimate of drug-likeness (QED) is 0.370. The fraction of sp³-hybridized carbons (Fsp3) is 0.455. The SMILES string of the molecule is C=O.CO.Cc1ccc(F)cc1NCCC1CSC(COC(C)/C=C\C(F)=C/CCl)=N1. The maximum absolute atomic E-state index is 13.3. The molecule has 5 nitrogen and oxygen atoms in total. The van der Waals surface area contributed by atoms with Gasteiger partial charge in [-0.2, -0.15) is 0 Å². The van der Waals surface area contributed by atoms with Crippen LogP contribution in [0.1, 0.15) is 18.9 Å². The van der Waals surface area contributed by atoms with Gasteiger partial charge in [-0.3, -0.25) is 4.99 Å². The molecule has 1 aromatic carbocycles. The summed E-state index contributed by atoms with van der Waals surface area (Å²) >= 11 is 7.12. The number of anilines is 1. The molecule has 1 heterocycles. The number of ether oxygens (including phenoxy) is 1. The number of aliphatic hydroxyl groups is 1. The van der Waals surface area contributed by atoms with Crippen LogP contribution >= 0.6 is 23.4 Å². The molecule has 0 radical (unpaired) electrons. The van der Waals surface area contributed by atoms with Crippen LogP contribution in [0.4, 0.5) is 14.5 Å². The van der Waals surface area contributed by atoms with Gasteiger partial charge >= 0.3 is 0 Å². The van der Waals surface area contributed by atoms with E-state index in [-0.39, 0.29) is 29.7 Å². The van der Waals surface area contributed by atoms with Gasteiger partial charge in [-0.1, -0.05) is 12.1 Å². The predicted octanol–water partition coefficient (Wildman–Crippen LogP) is 4.93. The molecule has 0 fully saturated rings. The van der Waals surface area contributed by atoms with Crippen LogP contribution in [0.5, 0.6) is 0 Å². The number of nitrogens with one attached hydrogen (secondary N) is 1. The first kappa shape index (κ1) is 29.3. The molecule has 2 rings (SSSR count). The number of carbonyl (C=O) groups is 1. The first-order chi connectivity index (χ1) is 15.0. The number of aryl methyl sites for hydroxylation is 1. The van der Waals surface area contributed by atoms with Gasteiger partial charge < -0.3 is 20.0 Å². The number of nitrogens with zero attached hydrogens (tertiary/aromatic N) is 1. The highest BCUT2D eigenvalue weighted by Crippen LogP contribution is 2.22. The molecule has 2 N–H and O–H groups in total. The van der Waals surface area contributed by atoms with Crippen molar-refractivity contribution in [2.24, 2.45) is 4.99 Å². The molecule has 0 saturated carbocycles. The standard InChI is InChI=1S/C20H25ClF2N2OS.CH4O.CH2O/c1-14-3-5-17(23)11-19(14)24-10-8-18-13-27-20(25-18)12-26-15(2)4-6-16(22)7-9-21;2*1-2/h3-7,11,15,18,24H,8-10,12-13H2,1-2H3;2H,1H3;1H2/b6-4-,16-7+;;. The van der Waals surface area contributed by atoms with Crippen LogP contribution in [0.25, 0.3) is 0 Å². The second kappa shape index (κ2) is 17.9. The van der Waals surface area contributed by atoms with Gasteiger partial charge in [0, 0.05) is 31.0 Å². The van der Waals surface area contributed by atoms with Crippen molar-refractivity contribution >= 4 is 40.9 Å². The summed E-state index contributed by atoms with van der Waals surface area (Å²) in [7, 11) is 1.00. The van der Waals surface area contributed by atoms with Gasteiger partial charge in [-0.05, 0) is 50.1 Å². The third-order valence-corrected chi connectivity index (χ3v) is 5.29. The van der Waals surface area contributed by atoms with E-state index in [1.54, 1.807) is 23.9 Å². The van der Waals surface area contributed by atoms with Crippen molar-refractivity contribution < 1.29 is 23.4 Å². The highest BCUT2D eigenvalue weighted by atomic mass is 35.5. The third-order valence-electron chi connectivity index (χ3n) is 4.03. The number of aliphatic imine (C=N–C) groups is 1. The van der Waals surface area contributed by atoms with E-state index in [1.165, 1.54) is 24.3 Å². The summed E-state index contributed by atoms with van der Waals surface area (Å²) in [5, 5.41) is 11.2. The number of hydrogen-bond donors (Lipinski definition) is 2. The van der Waals surface area contributed by atoms with E-state index in [0.717, 1.165) is 42.1 Å².